The summed E-state index contributed by atoms with van der Waals surface area (Å²) >= 11 is 0. The van der Waals surface area contributed by atoms with Gasteiger partial charge in [0.1, 0.15) is 0 Å². The van der Waals surface area contributed by atoms with Crippen molar-refractivity contribution >= 4 is 21.9 Å². The molecule has 4 rings (SSSR count). The number of carbonyl (C=O) groups excluding carboxylic acids is 1. The van der Waals surface area contributed by atoms with E-state index in [9.17, 15) is 13.2 Å². The van der Waals surface area contributed by atoms with Crippen LogP contribution in [-0.2, 0) is 16.4 Å². The summed E-state index contributed by atoms with van der Waals surface area (Å²) in [5.74, 6) is 0.167. The van der Waals surface area contributed by atoms with Crippen LogP contribution in [0.1, 0.15) is 59.6 Å². The minimum atomic E-state index is -3.57. The number of carbonyl (C=O) groups is 1. The van der Waals surface area contributed by atoms with E-state index in [0.29, 0.717) is 11.5 Å². The second-order valence-electron chi connectivity index (χ2n) is 7.57. The minimum Gasteiger partial charge on any atom is -0.357 e. The maximum atomic E-state index is 12.8. The zero-order valence-corrected chi connectivity index (χ0v) is 17.1. The van der Waals surface area contributed by atoms with Gasteiger partial charge in [-0.15, -0.1) is 0 Å². The highest BCUT2D eigenvalue weighted by atomic mass is 32.2. The number of nitrogens with zero attached hydrogens (tertiary/aromatic N) is 2. The molecule has 29 heavy (non-hydrogen) atoms. The Morgan fingerprint density at radius 1 is 1.10 bits per heavy atom. The third-order valence-electron chi connectivity index (χ3n) is 5.63. The van der Waals surface area contributed by atoms with Crippen LogP contribution in [0.15, 0.2) is 35.5 Å². The molecule has 0 aliphatic heterocycles. The summed E-state index contributed by atoms with van der Waals surface area (Å²) < 4.78 is 28.4. The summed E-state index contributed by atoms with van der Waals surface area (Å²) in [7, 11) is -1.86. The predicted molar refractivity (Wildman–Crippen MR) is 109 cm³/mol. The van der Waals surface area contributed by atoms with Gasteiger partial charge in [-0.3, -0.25) is 4.79 Å². The minimum absolute atomic E-state index is 0.0179. The van der Waals surface area contributed by atoms with Crippen LogP contribution in [0.2, 0.25) is 0 Å². The number of hydrogen-bond donors (Lipinski definition) is 3. The molecule has 1 amide bonds. The SMILES string of the molecule is CNc1ncc(C(=O)N[C@@H]2CCc3ccc(S(=O)(=O)NC4CCCC4)cc32)cn1. The quantitative estimate of drug-likeness (QED) is 0.666. The summed E-state index contributed by atoms with van der Waals surface area (Å²) in [5.41, 5.74) is 2.29. The van der Waals surface area contributed by atoms with Crippen LogP contribution >= 0.6 is 0 Å². The van der Waals surface area contributed by atoms with Crippen LogP contribution in [-0.4, -0.2) is 37.4 Å². The van der Waals surface area contributed by atoms with Crippen LogP contribution < -0.4 is 15.4 Å². The summed E-state index contributed by atoms with van der Waals surface area (Å²) in [5, 5.41) is 5.79. The molecule has 0 bridgehead atoms. The van der Waals surface area contributed by atoms with Gasteiger partial charge >= 0.3 is 0 Å². The molecule has 1 atom stereocenters. The summed E-state index contributed by atoms with van der Waals surface area (Å²) in [4.78, 5) is 21.0. The van der Waals surface area contributed by atoms with E-state index < -0.39 is 10.0 Å². The van der Waals surface area contributed by atoms with E-state index in [1.54, 1.807) is 19.2 Å². The molecular formula is C20H25N5O3S. The Bertz CT molecular complexity index is 1000. The topological polar surface area (TPSA) is 113 Å². The van der Waals surface area contributed by atoms with Crippen LogP contribution in [0, 0.1) is 0 Å². The first kappa shape index (κ1) is 19.8. The number of nitrogens with one attached hydrogen (secondary N) is 3. The fourth-order valence-electron chi connectivity index (χ4n) is 4.04. The number of sulfonamides is 1. The Morgan fingerprint density at radius 2 is 1.83 bits per heavy atom. The number of fused-ring (bicyclic) bond motifs is 1. The van der Waals surface area contributed by atoms with Crippen LogP contribution in [0.4, 0.5) is 5.95 Å². The summed E-state index contributed by atoms with van der Waals surface area (Å²) in [6, 6.07) is 5.00. The van der Waals surface area contributed by atoms with Gasteiger partial charge in [0.25, 0.3) is 5.91 Å². The number of benzene rings is 1. The highest BCUT2D eigenvalue weighted by Gasteiger charge is 2.28. The van der Waals surface area contributed by atoms with Gasteiger partial charge in [-0.05, 0) is 48.9 Å². The Balaban J connectivity index is 1.51. The average Bonchev–Trinajstić information content (AvgIpc) is 3.37. The van der Waals surface area contributed by atoms with Crippen LogP contribution in [0.25, 0.3) is 0 Å². The second kappa shape index (κ2) is 8.08. The van der Waals surface area contributed by atoms with Gasteiger partial charge in [0.2, 0.25) is 16.0 Å². The Morgan fingerprint density at radius 3 is 2.52 bits per heavy atom. The third kappa shape index (κ3) is 4.25. The highest BCUT2D eigenvalue weighted by Crippen LogP contribution is 2.33. The van der Waals surface area contributed by atoms with Crippen LogP contribution in [0.3, 0.4) is 0 Å². The van der Waals surface area contributed by atoms with E-state index in [2.05, 4.69) is 25.3 Å². The number of rotatable bonds is 6. The molecule has 2 aliphatic rings. The second-order valence-corrected chi connectivity index (χ2v) is 9.29. The predicted octanol–water partition coefficient (Wildman–Crippen LogP) is 2.16. The first-order valence-electron chi connectivity index (χ1n) is 9.92. The van der Waals surface area contributed by atoms with Crippen molar-refractivity contribution in [3.8, 4) is 0 Å². The van der Waals surface area contributed by atoms with Crippen molar-refractivity contribution < 1.29 is 13.2 Å². The fraction of sp³-hybridized carbons (Fsp3) is 0.450. The first-order valence-corrected chi connectivity index (χ1v) is 11.4. The molecule has 0 saturated heterocycles. The lowest BCUT2D eigenvalue weighted by Gasteiger charge is -2.16. The number of aryl methyl sites for hydroxylation is 1. The van der Waals surface area contributed by atoms with E-state index in [1.165, 1.54) is 12.4 Å². The zero-order chi connectivity index (χ0) is 20.4. The van der Waals surface area contributed by atoms with E-state index >= 15 is 0 Å². The Hall–Kier alpha value is -2.52. The fourth-order valence-corrected chi connectivity index (χ4v) is 5.38. The molecule has 154 valence electrons. The maximum absolute atomic E-state index is 12.8. The lowest BCUT2D eigenvalue weighted by Crippen LogP contribution is -2.33. The average molecular weight is 416 g/mol. The molecule has 1 fully saturated rings. The lowest BCUT2D eigenvalue weighted by molar-refractivity contribution is 0.0936. The van der Waals surface area contributed by atoms with E-state index in [-0.39, 0.29) is 22.9 Å². The lowest BCUT2D eigenvalue weighted by atomic mass is 10.1. The summed E-state index contributed by atoms with van der Waals surface area (Å²) in [6.07, 6.45) is 8.36. The molecule has 2 aliphatic carbocycles. The molecule has 9 heteroatoms. The van der Waals surface area contributed by atoms with Gasteiger partial charge in [-0.2, -0.15) is 0 Å². The Kier molecular flexibility index (Phi) is 5.51. The normalized spacial score (nSPS) is 19.1. The molecule has 1 aromatic carbocycles. The molecule has 0 radical (unpaired) electrons. The zero-order valence-electron chi connectivity index (χ0n) is 16.3. The smallest absolute Gasteiger partial charge is 0.254 e. The van der Waals surface area contributed by atoms with Gasteiger partial charge in [0, 0.05) is 25.5 Å². The van der Waals surface area contributed by atoms with Crippen molar-refractivity contribution in [3.63, 3.8) is 0 Å². The van der Waals surface area contributed by atoms with Crippen molar-refractivity contribution in [2.75, 3.05) is 12.4 Å². The van der Waals surface area contributed by atoms with Crippen molar-refractivity contribution in [1.82, 2.24) is 20.0 Å². The van der Waals surface area contributed by atoms with Gasteiger partial charge in [0.15, 0.2) is 0 Å². The molecule has 2 aromatic rings. The van der Waals surface area contributed by atoms with Crippen molar-refractivity contribution in [2.45, 2.75) is 55.5 Å². The Labute approximate surface area is 170 Å². The van der Waals surface area contributed by atoms with E-state index in [0.717, 1.165) is 49.7 Å². The van der Waals surface area contributed by atoms with Gasteiger partial charge in [-0.1, -0.05) is 18.9 Å². The third-order valence-corrected chi connectivity index (χ3v) is 7.14. The molecular weight excluding hydrogens is 390 g/mol. The maximum Gasteiger partial charge on any atom is 0.254 e. The largest absolute Gasteiger partial charge is 0.357 e. The highest BCUT2D eigenvalue weighted by molar-refractivity contribution is 7.89. The number of hydrogen-bond acceptors (Lipinski definition) is 6. The molecule has 1 saturated carbocycles. The molecule has 0 unspecified atom stereocenters. The van der Waals surface area contributed by atoms with E-state index in [1.807, 2.05) is 6.07 Å². The van der Waals surface area contributed by atoms with Gasteiger partial charge in [0.05, 0.1) is 16.5 Å². The van der Waals surface area contributed by atoms with Crippen molar-refractivity contribution in [2.24, 2.45) is 0 Å². The van der Waals surface area contributed by atoms with Crippen LogP contribution in [0.5, 0.6) is 0 Å². The first-order chi connectivity index (χ1) is 14.0. The molecule has 8 nitrogen and oxygen atoms in total. The van der Waals surface area contributed by atoms with Gasteiger partial charge < -0.3 is 10.6 Å². The molecule has 1 aromatic heterocycles. The molecule has 3 N–H and O–H groups in total. The standard InChI is InChI=1S/C20H25N5O3S/c1-21-20-22-11-14(12-23-20)19(26)24-18-9-7-13-6-8-16(10-17(13)18)29(27,28)25-15-4-2-3-5-15/h6,8,10-12,15,18,25H,2-5,7,9H2,1H3,(H,24,26)(H,21,22,23)/t18-/m1/s1. The number of aromatic nitrogens is 2. The monoisotopic (exact) mass is 415 g/mol. The number of amides is 1. The number of anilines is 1. The van der Waals surface area contributed by atoms with Crippen molar-refractivity contribution in [3.05, 3.63) is 47.3 Å². The van der Waals surface area contributed by atoms with Crippen molar-refractivity contribution in [1.29, 1.82) is 0 Å². The summed E-state index contributed by atoms with van der Waals surface area (Å²) in [6.45, 7) is 0. The van der Waals surface area contributed by atoms with E-state index in [4.69, 9.17) is 0 Å². The van der Waals surface area contributed by atoms with Gasteiger partial charge in [-0.25, -0.2) is 23.1 Å². The molecule has 0 spiro atoms. The molecule has 1 heterocycles.